The maximum absolute atomic E-state index is 12.4. The third-order valence-corrected chi connectivity index (χ3v) is 4.74. The van der Waals surface area contributed by atoms with Gasteiger partial charge in [0.05, 0.1) is 23.0 Å². The van der Waals surface area contributed by atoms with Crippen LogP contribution in [0.4, 0.5) is 5.13 Å². The molecule has 0 saturated carbocycles. The van der Waals surface area contributed by atoms with Crippen molar-refractivity contribution in [2.75, 3.05) is 5.32 Å². The molecule has 2 aromatic heterocycles. The van der Waals surface area contributed by atoms with E-state index in [4.69, 9.17) is 0 Å². The molecule has 0 unspecified atom stereocenters. The Morgan fingerprint density at radius 3 is 2.80 bits per heavy atom. The van der Waals surface area contributed by atoms with E-state index >= 15 is 0 Å². The molecular weight excluding hydrogens is 334 g/mol. The average molecular weight is 349 g/mol. The van der Waals surface area contributed by atoms with E-state index in [1.54, 1.807) is 10.9 Å². The van der Waals surface area contributed by atoms with Crippen LogP contribution in [0.3, 0.4) is 0 Å². The molecule has 0 bridgehead atoms. The number of aromatic nitrogens is 4. The lowest BCUT2D eigenvalue weighted by molar-refractivity contribution is 0.102. The van der Waals surface area contributed by atoms with E-state index in [-0.39, 0.29) is 11.6 Å². The van der Waals surface area contributed by atoms with Crippen molar-refractivity contribution in [1.82, 2.24) is 20.0 Å². The first-order valence-corrected chi connectivity index (χ1v) is 8.62. The van der Waals surface area contributed by atoms with E-state index in [0.29, 0.717) is 11.7 Å². The maximum atomic E-state index is 12.4. The number of thiazole rings is 1. The molecule has 0 atom stereocenters. The Labute approximate surface area is 148 Å². The summed E-state index contributed by atoms with van der Waals surface area (Å²) in [5.74, 6) is -0.309. The second-order valence-corrected chi connectivity index (χ2v) is 6.71. The Bertz CT molecular complexity index is 1040. The molecule has 0 aliphatic rings. The van der Waals surface area contributed by atoms with Gasteiger partial charge in [-0.2, -0.15) is 0 Å². The number of carbonyl (C=O) groups excluding carboxylic acids is 1. The zero-order valence-electron chi connectivity index (χ0n) is 13.5. The number of aryl methyl sites for hydroxylation is 1. The summed E-state index contributed by atoms with van der Waals surface area (Å²) in [5.41, 5.74) is 3.37. The van der Waals surface area contributed by atoms with E-state index < -0.39 is 0 Å². The van der Waals surface area contributed by atoms with Gasteiger partial charge in [0.25, 0.3) is 5.91 Å². The van der Waals surface area contributed by atoms with Gasteiger partial charge in [0.15, 0.2) is 10.8 Å². The summed E-state index contributed by atoms with van der Waals surface area (Å²) in [6.45, 7) is 2.57. The lowest BCUT2D eigenvalue weighted by Crippen LogP contribution is -2.12. The smallest absolute Gasteiger partial charge is 0.279 e. The number of para-hydroxylation sites is 1. The molecular formula is C18H15N5OS. The Morgan fingerprint density at radius 2 is 2.00 bits per heavy atom. The summed E-state index contributed by atoms with van der Waals surface area (Å²) in [5, 5.41) is 11.3. The SMILES string of the molecule is Cc1cccc2sc(NC(=O)c3cn(Cc4ccccc4)nn3)nc12. The Balaban J connectivity index is 1.50. The average Bonchev–Trinajstić information content (AvgIpc) is 3.23. The number of nitrogens with one attached hydrogen (secondary N) is 1. The summed E-state index contributed by atoms with van der Waals surface area (Å²) < 4.78 is 2.69. The maximum Gasteiger partial charge on any atom is 0.279 e. The van der Waals surface area contributed by atoms with E-state index in [0.717, 1.165) is 21.3 Å². The summed E-state index contributed by atoms with van der Waals surface area (Å²) in [7, 11) is 0. The zero-order valence-corrected chi connectivity index (χ0v) is 14.3. The van der Waals surface area contributed by atoms with Gasteiger partial charge >= 0.3 is 0 Å². The molecule has 0 spiro atoms. The fourth-order valence-electron chi connectivity index (χ4n) is 2.55. The van der Waals surface area contributed by atoms with Crippen molar-refractivity contribution in [3.63, 3.8) is 0 Å². The number of carbonyl (C=O) groups is 1. The molecule has 0 aliphatic heterocycles. The number of amides is 1. The molecule has 6 nitrogen and oxygen atoms in total. The van der Waals surface area contributed by atoms with Gasteiger partial charge in [-0.25, -0.2) is 9.67 Å². The number of hydrogen-bond donors (Lipinski definition) is 1. The molecule has 1 N–H and O–H groups in total. The van der Waals surface area contributed by atoms with E-state index in [2.05, 4.69) is 20.6 Å². The highest BCUT2D eigenvalue weighted by atomic mass is 32.1. The molecule has 25 heavy (non-hydrogen) atoms. The number of rotatable bonds is 4. The molecule has 0 aliphatic carbocycles. The van der Waals surface area contributed by atoms with Gasteiger partial charge in [0.2, 0.25) is 0 Å². The van der Waals surface area contributed by atoms with Crippen LogP contribution in [0.5, 0.6) is 0 Å². The predicted molar refractivity (Wildman–Crippen MR) is 97.9 cm³/mol. The number of fused-ring (bicyclic) bond motifs is 1. The molecule has 0 radical (unpaired) electrons. The molecule has 124 valence electrons. The highest BCUT2D eigenvalue weighted by Gasteiger charge is 2.14. The van der Waals surface area contributed by atoms with E-state index in [1.165, 1.54) is 11.3 Å². The second-order valence-electron chi connectivity index (χ2n) is 5.68. The Kier molecular flexibility index (Phi) is 3.99. The number of nitrogens with zero attached hydrogens (tertiary/aromatic N) is 4. The van der Waals surface area contributed by atoms with Gasteiger partial charge in [-0.15, -0.1) is 5.10 Å². The molecule has 4 rings (SSSR count). The molecule has 0 saturated heterocycles. The lowest BCUT2D eigenvalue weighted by Gasteiger charge is -1.99. The molecule has 4 aromatic rings. The van der Waals surface area contributed by atoms with Crippen LogP contribution in [0.25, 0.3) is 10.2 Å². The first-order chi connectivity index (χ1) is 12.2. The standard InChI is InChI=1S/C18H15N5OS/c1-12-6-5-9-15-16(12)19-18(25-15)20-17(24)14-11-23(22-21-14)10-13-7-3-2-4-8-13/h2-9,11H,10H2,1H3,(H,19,20,24). The van der Waals surface area contributed by atoms with Crippen LogP contribution < -0.4 is 5.32 Å². The zero-order chi connectivity index (χ0) is 17.2. The third-order valence-electron chi connectivity index (χ3n) is 3.80. The van der Waals surface area contributed by atoms with Crippen molar-refractivity contribution in [3.05, 3.63) is 71.5 Å². The van der Waals surface area contributed by atoms with Crippen LogP contribution in [0, 0.1) is 6.92 Å². The molecule has 2 heterocycles. The van der Waals surface area contributed by atoms with Crippen molar-refractivity contribution in [1.29, 1.82) is 0 Å². The van der Waals surface area contributed by atoms with Crippen LogP contribution in [-0.4, -0.2) is 25.9 Å². The fourth-order valence-corrected chi connectivity index (χ4v) is 3.49. The predicted octanol–water partition coefficient (Wildman–Crippen LogP) is 3.50. The summed E-state index contributed by atoms with van der Waals surface area (Å²) in [6.07, 6.45) is 1.64. The number of anilines is 1. The van der Waals surface area contributed by atoms with Gasteiger partial charge < -0.3 is 0 Å². The van der Waals surface area contributed by atoms with Crippen LogP contribution >= 0.6 is 11.3 Å². The molecule has 7 heteroatoms. The summed E-state index contributed by atoms with van der Waals surface area (Å²) in [6, 6.07) is 15.9. The minimum atomic E-state index is -0.309. The van der Waals surface area contributed by atoms with Crippen molar-refractivity contribution >= 4 is 32.6 Å². The minimum absolute atomic E-state index is 0.270. The van der Waals surface area contributed by atoms with Gasteiger partial charge in [0, 0.05) is 0 Å². The summed E-state index contributed by atoms with van der Waals surface area (Å²) >= 11 is 1.45. The second kappa shape index (κ2) is 6.45. The largest absolute Gasteiger partial charge is 0.296 e. The highest BCUT2D eigenvalue weighted by Crippen LogP contribution is 2.28. The molecule has 1 amide bonds. The van der Waals surface area contributed by atoms with Crippen molar-refractivity contribution in [2.45, 2.75) is 13.5 Å². The molecule has 0 fully saturated rings. The van der Waals surface area contributed by atoms with Crippen molar-refractivity contribution < 1.29 is 4.79 Å². The highest BCUT2D eigenvalue weighted by molar-refractivity contribution is 7.22. The topological polar surface area (TPSA) is 72.7 Å². The number of benzene rings is 2. The minimum Gasteiger partial charge on any atom is -0.296 e. The van der Waals surface area contributed by atoms with Crippen LogP contribution in [-0.2, 0) is 6.54 Å². The Hall–Kier alpha value is -3.06. The monoisotopic (exact) mass is 349 g/mol. The van der Waals surface area contributed by atoms with Crippen LogP contribution in [0.1, 0.15) is 21.6 Å². The van der Waals surface area contributed by atoms with Gasteiger partial charge in [-0.1, -0.05) is 59.0 Å². The van der Waals surface area contributed by atoms with Gasteiger partial charge in [0.1, 0.15) is 0 Å². The summed E-state index contributed by atoms with van der Waals surface area (Å²) in [4.78, 5) is 16.9. The van der Waals surface area contributed by atoms with Crippen molar-refractivity contribution in [2.24, 2.45) is 0 Å². The Morgan fingerprint density at radius 1 is 1.16 bits per heavy atom. The normalized spacial score (nSPS) is 10.9. The van der Waals surface area contributed by atoms with Gasteiger partial charge in [-0.05, 0) is 24.1 Å². The first kappa shape index (κ1) is 15.5. The van der Waals surface area contributed by atoms with E-state index in [9.17, 15) is 4.79 Å². The quantitative estimate of drug-likeness (QED) is 0.612. The van der Waals surface area contributed by atoms with Crippen molar-refractivity contribution in [3.8, 4) is 0 Å². The van der Waals surface area contributed by atoms with Gasteiger partial charge in [-0.3, -0.25) is 10.1 Å². The van der Waals surface area contributed by atoms with E-state index in [1.807, 2.05) is 55.5 Å². The first-order valence-electron chi connectivity index (χ1n) is 7.80. The van der Waals surface area contributed by atoms with Crippen LogP contribution in [0.2, 0.25) is 0 Å². The third kappa shape index (κ3) is 3.27. The molecule has 2 aromatic carbocycles. The number of hydrogen-bond acceptors (Lipinski definition) is 5. The van der Waals surface area contributed by atoms with Crippen LogP contribution in [0.15, 0.2) is 54.7 Å². The lowest BCUT2D eigenvalue weighted by atomic mass is 10.2. The fraction of sp³-hybridized carbons (Fsp3) is 0.111.